The summed E-state index contributed by atoms with van der Waals surface area (Å²) in [6, 6.07) is 23.5. The highest BCUT2D eigenvalue weighted by molar-refractivity contribution is 7.92. The molecule has 8 nitrogen and oxygen atoms in total. The van der Waals surface area contributed by atoms with Gasteiger partial charge in [0.25, 0.3) is 0 Å². The van der Waals surface area contributed by atoms with Gasteiger partial charge < -0.3 is 15.0 Å². The third kappa shape index (κ3) is 9.34. The zero-order valence-electron chi connectivity index (χ0n) is 25.2. The number of carbonyl (C=O) groups excluding carboxylic acids is 2. The second kappa shape index (κ2) is 15.4. The molecule has 9 heteroatoms. The predicted octanol–water partition coefficient (Wildman–Crippen LogP) is 5.10. The summed E-state index contributed by atoms with van der Waals surface area (Å²) in [7, 11) is -2.09. The Hall–Kier alpha value is -3.85. The minimum atomic E-state index is -3.61. The molecule has 0 aromatic heterocycles. The van der Waals surface area contributed by atoms with Crippen LogP contribution in [0.15, 0.2) is 78.9 Å². The van der Waals surface area contributed by atoms with E-state index in [4.69, 9.17) is 4.74 Å². The standard InChI is InChI=1S/C33H43N3O5S/c1-6-26(3)34-33(38)31(22-27-15-8-7-9-16-27)35(24-28-17-11-10-14-25(28)2)32(37)20-13-21-36(42(5,39)40)29-18-12-19-30(23-29)41-4/h7-12,14-19,23,26,31H,6,13,20-22,24H2,1-5H3,(H,34,38)/t26-,31-/m1/s1. The van der Waals surface area contributed by atoms with Crippen LogP contribution in [0.5, 0.6) is 5.75 Å². The number of carbonyl (C=O) groups is 2. The average Bonchev–Trinajstić information content (AvgIpc) is 2.97. The molecule has 0 aliphatic carbocycles. The number of amides is 2. The Kier molecular flexibility index (Phi) is 12.0. The lowest BCUT2D eigenvalue weighted by molar-refractivity contribution is -0.141. The van der Waals surface area contributed by atoms with E-state index in [0.29, 0.717) is 17.9 Å². The maximum absolute atomic E-state index is 14.0. The first-order valence-electron chi connectivity index (χ1n) is 14.3. The van der Waals surface area contributed by atoms with Crippen molar-refractivity contribution in [1.29, 1.82) is 0 Å². The summed E-state index contributed by atoms with van der Waals surface area (Å²) in [5.74, 6) is 0.125. The fourth-order valence-corrected chi connectivity index (χ4v) is 5.69. The monoisotopic (exact) mass is 593 g/mol. The molecule has 0 radical (unpaired) electrons. The second-order valence-corrected chi connectivity index (χ2v) is 12.5. The summed E-state index contributed by atoms with van der Waals surface area (Å²) >= 11 is 0. The van der Waals surface area contributed by atoms with Gasteiger partial charge in [-0.05, 0) is 55.5 Å². The lowest BCUT2D eigenvalue weighted by atomic mass is 10.0. The van der Waals surface area contributed by atoms with Crippen LogP contribution in [0.3, 0.4) is 0 Å². The van der Waals surface area contributed by atoms with Crippen molar-refractivity contribution in [2.45, 2.75) is 65.1 Å². The van der Waals surface area contributed by atoms with Crippen LogP contribution in [-0.4, -0.2) is 57.1 Å². The van der Waals surface area contributed by atoms with Crippen molar-refractivity contribution in [2.24, 2.45) is 0 Å². The fraction of sp³-hybridized carbons (Fsp3) is 0.394. The molecule has 3 aromatic carbocycles. The van der Waals surface area contributed by atoms with Gasteiger partial charge in [-0.25, -0.2) is 8.42 Å². The van der Waals surface area contributed by atoms with Gasteiger partial charge in [0.15, 0.2) is 0 Å². The smallest absolute Gasteiger partial charge is 0.243 e. The number of nitrogens with zero attached hydrogens (tertiary/aromatic N) is 2. The molecule has 3 aromatic rings. The number of hydrogen-bond donors (Lipinski definition) is 1. The molecule has 2 amide bonds. The van der Waals surface area contributed by atoms with Crippen molar-refractivity contribution < 1.29 is 22.7 Å². The molecular formula is C33H43N3O5S. The number of nitrogens with one attached hydrogen (secondary N) is 1. The first-order valence-corrected chi connectivity index (χ1v) is 16.2. The van der Waals surface area contributed by atoms with Crippen molar-refractivity contribution >= 4 is 27.5 Å². The molecule has 2 atom stereocenters. The fourth-order valence-electron chi connectivity index (χ4n) is 4.74. The van der Waals surface area contributed by atoms with Crippen molar-refractivity contribution in [3.05, 3.63) is 95.6 Å². The van der Waals surface area contributed by atoms with Crippen LogP contribution in [0.1, 0.15) is 49.8 Å². The average molecular weight is 594 g/mol. The van der Waals surface area contributed by atoms with Gasteiger partial charge in [-0.2, -0.15) is 0 Å². The molecule has 1 N–H and O–H groups in total. The first kappa shape index (κ1) is 32.7. The summed E-state index contributed by atoms with van der Waals surface area (Å²) in [5, 5.41) is 3.08. The van der Waals surface area contributed by atoms with Crippen LogP contribution in [0, 0.1) is 6.92 Å². The Morgan fingerprint density at radius 1 is 0.976 bits per heavy atom. The summed E-state index contributed by atoms with van der Waals surface area (Å²) in [5.41, 5.74) is 3.40. The van der Waals surface area contributed by atoms with Crippen molar-refractivity contribution in [2.75, 3.05) is 24.2 Å². The molecule has 0 aliphatic rings. The Labute approximate surface area is 250 Å². The van der Waals surface area contributed by atoms with Crippen LogP contribution in [0.4, 0.5) is 5.69 Å². The minimum absolute atomic E-state index is 0.0441. The van der Waals surface area contributed by atoms with E-state index in [0.717, 1.165) is 29.4 Å². The van der Waals surface area contributed by atoms with Gasteiger partial charge in [-0.15, -0.1) is 0 Å². The van der Waals surface area contributed by atoms with E-state index in [1.165, 1.54) is 11.4 Å². The van der Waals surface area contributed by atoms with E-state index in [2.05, 4.69) is 5.32 Å². The normalized spacial score (nSPS) is 12.7. The maximum Gasteiger partial charge on any atom is 0.243 e. The number of hydrogen-bond acceptors (Lipinski definition) is 5. The lowest BCUT2D eigenvalue weighted by Crippen LogP contribution is -2.52. The zero-order chi connectivity index (χ0) is 30.7. The Morgan fingerprint density at radius 3 is 2.31 bits per heavy atom. The molecule has 0 unspecified atom stereocenters. The Morgan fingerprint density at radius 2 is 1.67 bits per heavy atom. The van der Waals surface area contributed by atoms with Crippen LogP contribution < -0.4 is 14.4 Å². The van der Waals surface area contributed by atoms with Crippen LogP contribution >= 0.6 is 0 Å². The highest BCUT2D eigenvalue weighted by Gasteiger charge is 2.31. The van der Waals surface area contributed by atoms with Crippen LogP contribution in [0.2, 0.25) is 0 Å². The molecule has 0 bridgehead atoms. The molecule has 0 fully saturated rings. The van der Waals surface area contributed by atoms with Crippen LogP contribution in [0.25, 0.3) is 0 Å². The number of sulfonamides is 1. The number of methoxy groups -OCH3 is 1. The quantitative estimate of drug-likeness (QED) is 0.264. The third-order valence-corrected chi connectivity index (χ3v) is 8.56. The number of ether oxygens (including phenoxy) is 1. The summed E-state index contributed by atoms with van der Waals surface area (Å²) in [6.07, 6.45) is 2.62. The van der Waals surface area contributed by atoms with Gasteiger partial charge in [0.2, 0.25) is 21.8 Å². The third-order valence-electron chi connectivity index (χ3n) is 7.37. The Bertz CT molecular complexity index is 1430. The highest BCUT2D eigenvalue weighted by Crippen LogP contribution is 2.24. The van der Waals surface area contributed by atoms with Gasteiger partial charge in [-0.1, -0.05) is 67.6 Å². The molecule has 3 rings (SSSR count). The molecule has 42 heavy (non-hydrogen) atoms. The SMILES string of the molecule is CC[C@@H](C)NC(=O)[C@@H](Cc1ccccc1)N(Cc1ccccc1C)C(=O)CCCN(c1cccc(OC)c1)S(C)(=O)=O. The minimum Gasteiger partial charge on any atom is -0.497 e. The zero-order valence-corrected chi connectivity index (χ0v) is 26.1. The molecule has 0 spiro atoms. The van der Waals surface area contributed by atoms with Crippen molar-refractivity contribution in [1.82, 2.24) is 10.2 Å². The number of aryl methyl sites for hydroxylation is 1. The van der Waals surface area contributed by atoms with Gasteiger partial charge in [-0.3, -0.25) is 13.9 Å². The van der Waals surface area contributed by atoms with Gasteiger partial charge in [0, 0.05) is 38.0 Å². The Balaban J connectivity index is 1.90. The number of benzene rings is 3. The number of anilines is 1. The largest absolute Gasteiger partial charge is 0.497 e. The van der Waals surface area contributed by atoms with Crippen molar-refractivity contribution in [3.63, 3.8) is 0 Å². The van der Waals surface area contributed by atoms with Crippen LogP contribution in [-0.2, 0) is 32.6 Å². The molecule has 0 saturated carbocycles. The number of rotatable bonds is 15. The summed E-state index contributed by atoms with van der Waals surface area (Å²) in [6.45, 7) is 6.31. The summed E-state index contributed by atoms with van der Waals surface area (Å²) in [4.78, 5) is 29.3. The molecule has 0 aliphatic heterocycles. The molecular weight excluding hydrogens is 550 g/mol. The maximum atomic E-state index is 14.0. The first-order chi connectivity index (χ1) is 20.0. The molecule has 226 valence electrons. The van der Waals surface area contributed by atoms with Gasteiger partial charge >= 0.3 is 0 Å². The second-order valence-electron chi connectivity index (χ2n) is 10.6. The van der Waals surface area contributed by atoms with Gasteiger partial charge in [0.1, 0.15) is 11.8 Å². The molecule has 0 saturated heterocycles. The van der Waals surface area contributed by atoms with Gasteiger partial charge in [0.05, 0.1) is 19.1 Å². The van der Waals surface area contributed by atoms with E-state index in [-0.39, 0.29) is 43.8 Å². The predicted molar refractivity (Wildman–Crippen MR) is 168 cm³/mol. The highest BCUT2D eigenvalue weighted by atomic mass is 32.2. The summed E-state index contributed by atoms with van der Waals surface area (Å²) < 4.78 is 31.9. The van der Waals surface area contributed by atoms with E-state index in [1.54, 1.807) is 29.2 Å². The van der Waals surface area contributed by atoms with E-state index in [1.807, 2.05) is 75.4 Å². The van der Waals surface area contributed by atoms with E-state index >= 15 is 0 Å². The topological polar surface area (TPSA) is 96.0 Å². The van der Waals surface area contributed by atoms with E-state index < -0.39 is 16.1 Å². The van der Waals surface area contributed by atoms with E-state index in [9.17, 15) is 18.0 Å². The van der Waals surface area contributed by atoms with Crippen molar-refractivity contribution in [3.8, 4) is 5.75 Å². The lowest BCUT2D eigenvalue weighted by Gasteiger charge is -2.33. The molecule has 0 heterocycles.